The molecule has 1 fully saturated rings. The molecule has 0 aromatic heterocycles. The number of nitrogens with zero attached hydrogens (tertiary/aromatic N) is 2. The molecule has 0 bridgehead atoms. The molecule has 27 heavy (non-hydrogen) atoms. The summed E-state index contributed by atoms with van der Waals surface area (Å²) in [5, 5.41) is 4.57. The number of piperidine rings is 1. The highest BCUT2D eigenvalue weighted by atomic mass is 35.5. The number of benzene rings is 1. The number of carbonyl (C=O) groups excluding carboxylic acids is 3. The van der Waals surface area contributed by atoms with Gasteiger partial charge in [-0.15, -0.1) is 0 Å². The highest BCUT2D eigenvalue weighted by Gasteiger charge is 2.44. The van der Waals surface area contributed by atoms with Crippen LogP contribution < -0.4 is 10.2 Å². The highest BCUT2D eigenvalue weighted by molar-refractivity contribution is 6.39. The molecule has 4 rings (SSSR count). The van der Waals surface area contributed by atoms with Gasteiger partial charge in [-0.1, -0.05) is 23.2 Å². The van der Waals surface area contributed by atoms with Gasteiger partial charge in [0.15, 0.2) is 5.78 Å². The third-order valence-electron chi connectivity index (χ3n) is 5.22. The van der Waals surface area contributed by atoms with Crippen molar-refractivity contribution in [3.05, 3.63) is 27.7 Å². The Kier molecular flexibility index (Phi) is 4.60. The fourth-order valence-corrected chi connectivity index (χ4v) is 4.25. The molecule has 1 aromatic carbocycles. The number of ketones is 1. The summed E-state index contributed by atoms with van der Waals surface area (Å²) in [4.78, 5) is 38.1. The van der Waals surface area contributed by atoms with Gasteiger partial charge >= 0.3 is 0 Å². The van der Waals surface area contributed by atoms with Gasteiger partial charge in [-0.2, -0.15) is 5.10 Å². The molecule has 1 N–H and O–H groups in total. The van der Waals surface area contributed by atoms with Crippen molar-refractivity contribution in [3.63, 3.8) is 0 Å². The third-order valence-corrected chi connectivity index (χ3v) is 5.72. The molecule has 142 valence electrons. The Hall–Kier alpha value is -2.12. The number of fused-ring (bicyclic) bond motifs is 1. The average Bonchev–Trinajstić information content (AvgIpc) is 2.64. The van der Waals surface area contributed by atoms with Gasteiger partial charge in [0.2, 0.25) is 5.91 Å². The second-order valence-electron chi connectivity index (χ2n) is 7.04. The lowest BCUT2D eigenvalue weighted by Crippen LogP contribution is -2.53. The van der Waals surface area contributed by atoms with E-state index in [1.54, 1.807) is 17.0 Å². The average molecular weight is 410 g/mol. The van der Waals surface area contributed by atoms with Crippen LogP contribution in [0.4, 0.5) is 0 Å². The number of carbonyl (C=O) groups is 3. The summed E-state index contributed by atoms with van der Waals surface area (Å²) in [6.45, 7) is 0.888. The SMILES string of the molecule is O=C1CCC(C(=O)N2CCC3(CC2)CC(=O)c2cc(Cl)cc(Cl)c2O3)=NN1. The van der Waals surface area contributed by atoms with Crippen LogP contribution in [0.2, 0.25) is 10.0 Å². The molecule has 0 unspecified atom stereocenters. The number of amides is 2. The van der Waals surface area contributed by atoms with E-state index in [1.807, 2.05) is 0 Å². The lowest BCUT2D eigenvalue weighted by Gasteiger charge is -2.44. The summed E-state index contributed by atoms with van der Waals surface area (Å²) in [5.74, 6) is -0.0534. The Labute approximate surface area is 165 Å². The van der Waals surface area contributed by atoms with Gasteiger partial charge in [-0.3, -0.25) is 14.4 Å². The van der Waals surface area contributed by atoms with Gasteiger partial charge in [0.05, 0.1) is 17.0 Å². The molecule has 3 aliphatic heterocycles. The standard InChI is InChI=1S/C18H17Cl2N3O4/c19-10-7-11-14(24)9-18(27-16(11)12(20)8-10)3-5-23(6-4-18)17(26)13-1-2-15(25)22-21-13/h7-8H,1-6,9H2,(H,22,25). The second-order valence-corrected chi connectivity index (χ2v) is 7.88. The summed E-state index contributed by atoms with van der Waals surface area (Å²) in [5.41, 5.74) is 2.44. The van der Waals surface area contributed by atoms with Gasteiger partial charge in [0.25, 0.3) is 5.91 Å². The minimum atomic E-state index is -0.666. The van der Waals surface area contributed by atoms with Crippen molar-refractivity contribution < 1.29 is 19.1 Å². The Morgan fingerprint density at radius 3 is 2.59 bits per heavy atom. The van der Waals surface area contributed by atoms with Crippen molar-refractivity contribution in [2.45, 2.75) is 37.7 Å². The fourth-order valence-electron chi connectivity index (χ4n) is 3.72. The Balaban J connectivity index is 1.48. The van der Waals surface area contributed by atoms with Crippen LogP contribution in [0.3, 0.4) is 0 Å². The van der Waals surface area contributed by atoms with E-state index in [0.717, 1.165) is 0 Å². The minimum Gasteiger partial charge on any atom is -0.484 e. The molecule has 2 amide bonds. The Bertz CT molecular complexity index is 876. The summed E-state index contributed by atoms with van der Waals surface area (Å²) < 4.78 is 6.17. The summed E-state index contributed by atoms with van der Waals surface area (Å²) in [6.07, 6.45) is 1.86. The number of Topliss-reactive ketones (excluding diaryl/α,β-unsaturated/α-hetero) is 1. The van der Waals surface area contributed by atoms with Crippen molar-refractivity contribution in [2.75, 3.05) is 13.1 Å². The van der Waals surface area contributed by atoms with E-state index >= 15 is 0 Å². The second kappa shape index (κ2) is 6.80. The molecule has 0 radical (unpaired) electrons. The number of hydrogen-bond acceptors (Lipinski definition) is 5. The monoisotopic (exact) mass is 409 g/mol. The largest absolute Gasteiger partial charge is 0.484 e. The molecule has 9 heteroatoms. The molecular formula is C18H17Cl2N3O4. The normalized spacial score (nSPS) is 21.3. The zero-order valence-electron chi connectivity index (χ0n) is 14.4. The smallest absolute Gasteiger partial charge is 0.270 e. The molecule has 3 aliphatic rings. The summed E-state index contributed by atoms with van der Waals surface area (Å²) in [6, 6.07) is 3.13. The maximum absolute atomic E-state index is 12.6. The van der Waals surface area contributed by atoms with Crippen molar-refractivity contribution in [1.29, 1.82) is 0 Å². The van der Waals surface area contributed by atoms with E-state index in [9.17, 15) is 14.4 Å². The molecular weight excluding hydrogens is 393 g/mol. The highest BCUT2D eigenvalue weighted by Crippen LogP contribution is 2.44. The first kappa shape index (κ1) is 18.3. The third kappa shape index (κ3) is 3.41. The zero-order chi connectivity index (χ0) is 19.2. The lowest BCUT2D eigenvalue weighted by atomic mass is 9.82. The summed E-state index contributed by atoms with van der Waals surface area (Å²) in [7, 11) is 0. The van der Waals surface area contributed by atoms with Crippen molar-refractivity contribution >= 4 is 46.5 Å². The summed E-state index contributed by atoms with van der Waals surface area (Å²) >= 11 is 12.2. The molecule has 1 saturated heterocycles. The van der Waals surface area contributed by atoms with Gasteiger partial charge in [0.1, 0.15) is 17.1 Å². The first-order valence-electron chi connectivity index (χ1n) is 8.73. The van der Waals surface area contributed by atoms with E-state index in [-0.39, 0.29) is 30.4 Å². The minimum absolute atomic E-state index is 0.0557. The number of likely N-dealkylation sites (tertiary alicyclic amines) is 1. The zero-order valence-corrected chi connectivity index (χ0v) is 15.9. The van der Waals surface area contributed by atoms with Crippen molar-refractivity contribution in [2.24, 2.45) is 5.10 Å². The van der Waals surface area contributed by atoms with Crippen molar-refractivity contribution in [1.82, 2.24) is 10.3 Å². The van der Waals surface area contributed by atoms with E-state index in [2.05, 4.69) is 10.5 Å². The molecule has 7 nitrogen and oxygen atoms in total. The number of hydrogen-bond donors (Lipinski definition) is 1. The van der Waals surface area contributed by atoms with Crippen LogP contribution in [-0.2, 0) is 9.59 Å². The molecule has 1 aromatic rings. The van der Waals surface area contributed by atoms with Crippen molar-refractivity contribution in [3.8, 4) is 5.75 Å². The maximum Gasteiger partial charge on any atom is 0.270 e. The predicted octanol–water partition coefficient (Wildman–Crippen LogP) is 2.59. The topological polar surface area (TPSA) is 88.1 Å². The molecule has 0 atom stereocenters. The molecule has 1 spiro atoms. The maximum atomic E-state index is 12.6. The first-order chi connectivity index (χ1) is 12.9. The van der Waals surface area contributed by atoms with E-state index in [4.69, 9.17) is 27.9 Å². The number of hydrazone groups is 1. The lowest BCUT2D eigenvalue weighted by molar-refractivity contribution is -0.127. The Morgan fingerprint density at radius 2 is 1.93 bits per heavy atom. The first-order valence-corrected chi connectivity index (χ1v) is 9.48. The Morgan fingerprint density at radius 1 is 1.19 bits per heavy atom. The van der Waals surface area contributed by atoms with Crippen LogP contribution in [0.5, 0.6) is 5.75 Å². The van der Waals surface area contributed by atoms with Gasteiger partial charge in [0, 0.05) is 43.8 Å². The number of ether oxygens (including phenoxy) is 1. The molecule has 0 aliphatic carbocycles. The van der Waals surface area contributed by atoms with Gasteiger partial charge < -0.3 is 9.64 Å². The van der Waals surface area contributed by atoms with E-state index in [1.165, 1.54) is 0 Å². The predicted molar refractivity (Wildman–Crippen MR) is 99.4 cm³/mol. The van der Waals surface area contributed by atoms with Crippen LogP contribution in [0.15, 0.2) is 17.2 Å². The van der Waals surface area contributed by atoms with E-state index < -0.39 is 5.60 Å². The van der Waals surface area contributed by atoms with Crippen LogP contribution in [0.1, 0.15) is 42.5 Å². The quantitative estimate of drug-likeness (QED) is 0.771. The molecule has 3 heterocycles. The van der Waals surface area contributed by atoms with Gasteiger partial charge in [-0.05, 0) is 12.1 Å². The van der Waals surface area contributed by atoms with Crippen LogP contribution in [0.25, 0.3) is 0 Å². The number of halogens is 2. The van der Waals surface area contributed by atoms with Crippen LogP contribution >= 0.6 is 23.2 Å². The fraction of sp³-hybridized carbons (Fsp3) is 0.444. The van der Waals surface area contributed by atoms with Crippen LogP contribution in [-0.4, -0.2) is 46.9 Å². The number of rotatable bonds is 1. The van der Waals surface area contributed by atoms with Crippen LogP contribution in [0, 0.1) is 0 Å². The van der Waals surface area contributed by atoms with Gasteiger partial charge in [-0.25, -0.2) is 5.43 Å². The molecule has 0 saturated carbocycles. The number of nitrogens with one attached hydrogen (secondary N) is 1. The van der Waals surface area contributed by atoms with E-state index in [0.29, 0.717) is 59.4 Å².